The Bertz CT molecular complexity index is 188. The fourth-order valence-corrected chi connectivity index (χ4v) is 0.557. The quantitative estimate of drug-likeness (QED) is 0.625. The average Bonchev–Trinajstić information content (AvgIpc) is 2.17. The van der Waals surface area contributed by atoms with Crippen LogP contribution in [0, 0.1) is 0 Å². The van der Waals surface area contributed by atoms with Crippen LogP contribution >= 0.6 is 24.8 Å². The molecule has 0 bridgehead atoms. The number of H-pyrrole nitrogens is 1. The molecule has 1 rings (SSSR count). The first kappa shape index (κ1) is 13.1. The van der Waals surface area contributed by atoms with E-state index >= 15 is 0 Å². The van der Waals surface area contributed by atoms with E-state index in [0.717, 1.165) is 5.82 Å². The second kappa shape index (κ2) is 6.21. The van der Waals surface area contributed by atoms with Gasteiger partial charge in [0, 0.05) is 0 Å². The van der Waals surface area contributed by atoms with Crippen LogP contribution in [0.3, 0.4) is 0 Å². The number of aromatic nitrogens is 3. The van der Waals surface area contributed by atoms with E-state index in [9.17, 15) is 0 Å². The molecule has 0 aliphatic rings. The topological polar surface area (TPSA) is 79.6 Å². The van der Waals surface area contributed by atoms with Crippen molar-refractivity contribution in [1.82, 2.24) is 20.5 Å². The van der Waals surface area contributed by atoms with Crippen LogP contribution in [0.15, 0.2) is 0 Å². The average molecular weight is 200 g/mol. The van der Waals surface area contributed by atoms with Gasteiger partial charge in [0.05, 0.1) is 6.54 Å². The monoisotopic (exact) mass is 199 g/mol. The van der Waals surface area contributed by atoms with Gasteiger partial charge in [0.25, 0.3) is 0 Å². The SMILES string of the molecule is CNCc1nc(N)n[nH]1.Cl.Cl. The van der Waals surface area contributed by atoms with Gasteiger partial charge in [0.2, 0.25) is 5.95 Å². The molecule has 1 heterocycles. The van der Waals surface area contributed by atoms with Gasteiger partial charge in [-0.15, -0.1) is 29.9 Å². The highest BCUT2D eigenvalue weighted by Gasteiger charge is 1.94. The van der Waals surface area contributed by atoms with Crippen LogP contribution in [0.5, 0.6) is 0 Å². The Morgan fingerprint density at radius 2 is 2.18 bits per heavy atom. The Morgan fingerprint density at radius 3 is 2.55 bits per heavy atom. The zero-order valence-electron chi connectivity index (χ0n) is 6.00. The number of hydrogen-bond acceptors (Lipinski definition) is 4. The van der Waals surface area contributed by atoms with E-state index in [1.807, 2.05) is 7.05 Å². The molecule has 0 aromatic carbocycles. The molecule has 0 atom stereocenters. The number of rotatable bonds is 2. The van der Waals surface area contributed by atoms with Crippen LogP contribution in [0.1, 0.15) is 5.82 Å². The third kappa shape index (κ3) is 4.02. The van der Waals surface area contributed by atoms with Gasteiger partial charge in [-0.1, -0.05) is 0 Å². The molecule has 0 fully saturated rings. The van der Waals surface area contributed by atoms with Crippen molar-refractivity contribution >= 4 is 30.8 Å². The molecule has 0 amide bonds. The van der Waals surface area contributed by atoms with Gasteiger partial charge in [0.1, 0.15) is 5.82 Å². The van der Waals surface area contributed by atoms with E-state index in [0.29, 0.717) is 12.5 Å². The maximum Gasteiger partial charge on any atom is 0.239 e. The minimum absolute atomic E-state index is 0. The van der Waals surface area contributed by atoms with Crippen LogP contribution in [-0.4, -0.2) is 22.2 Å². The number of nitrogens with two attached hydrogens (primary N) is 1. The van der Waals surface area contributed by atoms with Crippen molar-refractivity contribution in [2.75, 3.05) is 12.8 Å². The summed E-state index contributed by atoms with van der Waals surface area (Å²) in [6, 6.07) is 0. The maximum atomic E-state index is 5.23. The molecule has 0 radical (unpaired) electrons. The van der Waals surface area contributed by atoms with Crippen LogP contribution in [0.25, 0.3) is 0 Å². The largest absolute Gasteiger partial charge is 0.367 e. The van der Waals surface area contributed by atoms with Crippen LogP contribution in [-0.2, 0) is 6.54 Å². The highest BCUT2D eigenvalue weighted by molar-refractivity contribution is 5.85. The molecule has 0 aliphatic heterocycles. The summed E-state index contributed by atoms with van der Waals surface area (Å²) in [6.07, 6.45) is 0. The van der Waals surface area contributed by atoms with E-state index in [1.54, 1.807) is 0 Å². The lowest BCUT2D eigenvalue weighted by molar-refractivity contribution is 0.763. The van der Waals surface area contributed by atoms with Gasteiger partial charge in [-0.3, -0.25) is 5.10 Å². The molecule has 0 saturated heterocycles. The first-order valence-electron chi connectivity index (χ1n) is 2.64. The third-order valence-electron chi connectivity index (χ3n) is 0.893. The van der Waals surface area contributed by atoms with Crippen molar-refractivity contribution in [3.05, 3.63) is 5.82 Å². The highest BCUT2D eigenvalue weighted by Crippen LogP contribution is 1.89. The van der Waals surface area contributed by atoms with Crippen LogP contribution in [0.4, 0.5) is 5.95 Å². The standard InChI is InChI=1S/C4H9N5.2ClH/c1-6-2-3-7-4(5)9-8-3;;/h6H,2H2,1H3,(H3,5,7,8,9);2*1H. The van der Waals surface area contributed by atoms with E-state index in [-0.39, 0.29) is 24.8 Å². The molecular formula is C4H11Cl2N5. The lowest BCUT2D eigenvalue weighted by atomic mass is 10.6. The predicted molar refractivity (Wildman–Crippen MR) is 48.1 cm³/mol. The molecule has 0 unspecified atom stereocenters. The summed E-state index contributed by atoms with van der Waals surface area (Å²) >= 11 is 0. The Hall–Kier alpha value is -0.520. The molecule has 0 saturated carbocycles. The molecule has 7 heteroatoms. The first-order chi connectivity index (χ1) is 4.33. The molecule has 1 aromatic rings. The summed E-state index contributed by atoms with van der Waals surface area (Å²) in [5.74, 6) is 1.05. The number of nitrogens with one attached hydrogen (secondary N) is 2. The minimum atomic E-state index is 0. The van der Waals surface area contributed by atoms with Crippen molar-refractivity contribution in [3.63, 3.8) is 0 Å². The lowest BCUT2D eigenvalue weighted by Gasteiger charge is -1.88. The number of hydrogen-bond donors (Lipinski definition) is 3. The van der Waals surface area contributed by atoms with Crippen molar-refractivity contribution in [1.29, 1.82) is 0 Å². The molecule has 4 N–H and O–H groups in total. The lowest BCUT2D eigenvalue weighted by Crippen LogP contribution is -2.06. The van der Waals surface area contributed by atoms with E-state index in [1.165, 1.54) is 0 Å². The van der Waals surface area contributed by atoms with Crippen LogP contribution < -0.4 is 11.1 Å². The number of aromatic amines is 1. The van der Waals surface area contributed by atoms with Gasteiger partial charge >= 0.3 is 0 Å². The second-order valence-corrected chi connectivity index (χ2v) is 1.67. The van der Waals surface area contributed by atoms with Crippen molar-refractivity contribution in [3.8, 4) is 0 Å². The fraction of sp³-hybridized carbons (Fsp3) is 0.500. The van der Waals surface area contributed by atoms with E-state index in [2.05, 4.69) is 20.5 Å². The highest BCUT2D eigenvalue weighted by atomic mass is 35.5. The molecule has 5 nitrogen and oxygen atoms in total. The van der Waals surface area contributed by atoms with Crippen molar-refractivity contribution in [2.24, 2.45) is 0 Å². The Balaban J connectivity index is 0. The Kier molecular flexibility index (Phi) is 7.39. The Morgan fingerprint density at radius 1 is 1.55 bits per heavy atom. The zero-order valence-corrected chi connectivity index (χ0v) is 7.63. The summed E-state index contributed by atoms with van der Waals surface area (Å²) in [5.41, 5.74) is 5.23. The summed E-state index contributed by atoms with van der Waals surface area (Å²) in [4.78, 5) is 3.85. The normalized spacial score (nSPS) is 8.09. The molecule has 66 valence electrons. The summed E-state index contributed by atoms with van der Waals surface area (Å²) in [5, 5.41) is 9.20. The van der Waals surface area contributed by atoms with Gasteiger partial charge in [-0.05, 0) is 7.05 Å². The fourth-order valence-electron chi connectivity index (χ4n) is 0.557. The summed E-state index contributed by atoms with van der Waals surface area (Å²) < 4.78 is 0. The number of anilines is 1. The number of halogens is 2. The first-order valence-corrected chi connectivity index (χ1v) is 2.64. The van der Waals surface area contributed by atoms with Gasteiger partial charge in [-0.2, -0.15) is 4.98 Å². The molecule has 0 spiro atoms. The molecule has 11 heavy (non-hydrogen) atoms. The van der Waals surface area contributed by atoms with Gasteiger partial charge in [-0.25, -0.2) is 0 Å². The number of nitrogens with zero attached hydrogens (tertiary/aromatic N) is 2. The number of nitrogen functional groups attached to an aromatic ring is 1. The van der Waals surface area contributed by atoms with Crippen LogP contribution in [0.2, 0.25) is 0 Å². The van der Waals surface area contributed by atoms with Crippen molar-refractivity contribution < 1.29 is 0 Å². The Labute approximate surface area is 77.0 Å². The minimum Gasteiger partial charge on any atom is -0.367 e. The molecule has 1 aromatic heterocycles. The zero-order chi connectivity index (χ0) is 6.69. The predicted octanol–water partition coefficient (Wildman–Crippen LogP) is -0.0501. The second-order valence-electron chi connectivity index (χ2n) is 1.67. The molecular weight excluding hydrogens is 189 g/mol. The van der Waals surface area contributed by atoms with Gasteiger partial charge < -0.3 is 11.1 Å². The maximum absolute atomic E-state index is 5.23. The van der Waals surface area contributed by atoms with E-state index in [4.69, 9.17) is 5.73 Å². The summed E-state index contributed by atoms with van der Waals surface area (Å²) in [6.45, 7) is 0.671. The van der Waals surface area contributed by atoms with Gasteiger partial charge in [0.15, 0.2) is 0 Å². The summed E-state index contributed by atoms with van der Waals surface area (Å²) in [7, 11) is 1.83. The smallest absolute Gasteiger partial charge is 0.239 e. The van der Waals surface area contributed by atoms with E-state index < -0.39 is 0 Å². The molecule has 0 aliphatic carbocycles. The van der Waals surface area contributed by atoms with Crippen molar-refractivity contribution in [2.45, 2.75) is 6.54 Å². The third-order valence-corrected chi connectivity index (χ3v) is 0.893.